The number of carbonyl (C=O) groups is 4. The molecule has 0 aliphatic carbocycles. The maximum Gasteiger partial charge on any atom is 0.337 e. The van der Waals surface area contributed by atoms with Crippen LogP contribution < -0.4 is 10.6 Å². The second-order valence-electron chi connectivity index (χ2n) is 8.67. The molecular weight excluding hydrogens is 572 g/mol. The van der Waals surface area contributed by atoms with Gasteiger partial charge in [0.05, 0.1) is 34.0 Å². The molecular formula is C25H24N8O6S2. The van der Waals surface area contributed by atoms with Gasteiger partial charge in [-0.1, -0.05) is 35.7 Å². The van der Waals surface area contributed by atoms with E-state index in [1.54, 1.807) is 35.4 Å². The predicted molar refractivity (Wildman–Crippen MR) is 150 cm³/mol. The van der Waals surface area contributed by atoms with Gasteiger partial charge in [-0.15, -0.1) is 20.4 Å². The molecule has 0 spiro atoms. The lowest BCUT2D eigenvalue weighted by Gasteiger charge is -2.12. The van der Waals surface area contributed by atoms with E-state index in [1.807, 2.05) is 0 Å². The van der Waals surface area contributed by atoms with Crippen LogP contribution in [0.25, 0.3) is 0 Å². The van der Waals surface area contributed by atoms with Crippen LogP contribution in [0.15, 0.2) is 59.4 Å². The summed E-state index contributed by atoms with van der Waals surface area (Å²) in [6.45, 7) is 0. The number of aryl methyl sites for hydroxylation is 2. The van der Waals surface area contributed by atoms with Crippen LogP contribution in [0, 0.1) is 0 Å². The fraction of sp³-hybridized carbons (Fsp3) is 0.200. The third kappa shape index (κ3) is 7.70. The van der Waals surface area contributed by atoms with Gasteiger partial charge >= 0.3 is 11.9 Å². The number of benzene rings is 2. The number of carbonyl (C=O) groups excluding carboxylic acids is 2. The summed E-state index contributed by atoms with van der Waals surface area (Å²) in [6, 6.07) is 9.13. The van der Waals surface area contributed by atoms with Gasteiger partial charge < -0.3 is 30.0 Å². The van der Waals surface area contributed by atoms with Crippen molar-refractivity contribution in [1.29, 1.82) is 0 Å². The van der Waals surface area contributed by atoms with Crippen LogP contribution in [0.2, 0.25) is 0 Å². The first-order chi connectivity index (χ1) is 19.6. The molecule has 2 amide bonds. The lowest BCUT2D eigenvalue weighted by molar-refractivity contribution is -0.114. The molecule has 0 fully saturated rings. The first-order valence-corrected chi connectivity index (χ1v) is 13.8. The van der Waals surface area contributed by atoms with Crippen LogP contribution in [-0.2, 0) is 30.1 Å². The summed E-state index contributed by atoms with van der Waals surface area (Å²) in [5.41, 5.74) is 1.22. The Bertz CT molecular complexity index is 1500. The Morgan fingerprint density at radius 2 is 1.15 bits per heavy atom. The maximum atomic E-state index is 12.4. The number of rotatable bonds is 12. The highest BCUT2D eigenvalue weighted by atomic mass is 32.2. The largest absolute Gasteiger partial charge is 0.478 e. The Labute approximate surface area is 241 Å². The third-order valence-corrected chi connectivity index (χ3v) is 7.66. The number of thioether (sulfide) groups is 2. The normalized spacial score (nSPS) is 10.8. The molecule has 0 aliphatic heterocycles. The van der Waals surface area contributed by atoms with Crippen LogP contribution in [-0.4, -0.2) is 75.0 Å². The number of carboxylic acid groups (broad SMARTS) is 2. The zero-order valence-electron chi connectivity index (χ0n) is 21.8. The van der Waals surface area contributed by atoms with Crippen molar-refractivity contribution in [2.75, 3.05) is 22.1 Å². The predicted octanol–water partition coefficient (Wildman–Crippen LogP) is 2.39. The number of nitrogens with one attached hydrogen (secondary N) is 2. The van der Waals surface area contributed by atoms with Gasteiger partial charge in [0, 0.05) is 14.1 Å². The number of anilines is 2. The molecule has 0 atom stereocenters. The Kier molecular flexibility index (Phi) is 9.36. The summed E-state index contributed by atoms with van der Waals surface area (Å²) >= 11 is 2.32. The molecule has 0 saturated carbocycles. The van der Waals surface area contributed by atoms with E-state index in [1.165, 1.54) is 36.9 Å². The fourth-order valence-corrected chi connectivity index (χ4v) is 5.03. The summed E-state index contributed by atoms with van der Waals surface area (Å²) in [4.78, 5) is 48.7. The summed E-state index contributed by atoms with van der Waals surface area (Å²) in [5.74, 6) is -3.27. The molecule has 2 aromatic carbocycles. The zero-order valence-corrected chi connectivity index (χ0v) is 23.4. The van der Waals surface area contributed by atoms with Gasteiger partial charge in [0.25, 0.3) is 0 Å². The van der Waals surface area contributed by atoms with Crippen LogP contribution >= 0.6 is 23.5 Å². The monoisotopic (exact) mass is 596 g/mol. The van der Waals surface area contributed by atoms with Crippen molar-refractivity contribution in [1.82, 2.24) is 29.5 Å². The average Bonchev–Trinajstić information content (AvgIpc) is 3.54. The minimum atomic E-state index is -1.23. The lowest BCUT2D eigenvalue weighted by atomic mass is 9.99. The van der Waals surface area contributed by atoms with Crippen molar-refractivity contribution in [2.45, 2.75) is 16.7 Å². The molecule has 14 nitrogen and oxygen atoms in total. The maximum absolute atomic E-state index is 12.4. The van der Waals surface area contributed by atoms with Gasteiger partial charge in [0.2, 0.25) is 11.8 Å². The Hall–Kier alpha value is -4.70. The highest BCUT2D eigenvalue weighted by Gasteiger charge is 2.17. The van der Waals surface area contributed by atoms with Crippen LogP contribution in [0.1, 0.15) is 31.8 Å². The number of nitrogens with zero attached hydrogens (tertiary/aromatic N) is 6. The van der Waals surface area contributed by atoms with Crippen molar-refractivity contribution in [2.24, 2.45) is 14.1 Å². The van der Waals surface area contributed by atoms with Crippen molar-refractivity contribution >= 4 is 58.7 Å². The van der Waals surface area contributed by atoms with Crippen molar-refractivity contribution < 1.29 is 29.4 Å². The van der Waals surface area contributed by atoms with Gasteiger partial charge in [0.1, 0.15) is 12.7 Å². The second kappa shape index (κ2) is 13.1. The van der Waals surface area contributed by atoms with Crippen molar-refractivity contribution in [3.63, 3.8) is 0 Å². The zero-order chi connectivity index (χ0) is 29.5. The minimum Gasteiger partial charge on any atom is -0.478 e. The molecule has 0 radical (unpaired) electrons. The molecule has 212 valence electrons. The van der Waals surface area contributed by atoms with Crippen LogP contribution in [0.5, 0.6) is 0 Å². The topological polar surface area (TPSA) is 194 Å². The summed E-state index contributed by atoms with van der Waals surface area (Å²) < 4.78 is 3.32. The molecule has 4 rings (SSSR count). The van der Waals surface area contributed by atoms with Gasteiger partial charge in [-0.3, -0.25) is 9.59 Å². The van der Waals surface area contributed by atoms with Gasteiger partial charge in [-0.05, 0) is 41.8 Å². The molecule has 2 heterocycles. The van der Waals surface area contributed by atoms with Crippen molar-refractivity contribution in [3.8, 4) is 0 Å². The minimum absolute atomic E-state index is 0.00704. The van der Waals surface area contributed by atoms with Gasteiger partial charge in [-0.25, -0.2) is 9.59 Å². The molecule has 0 saturated heterocycles. The SMILES string of the molecule is Cn1cnnc1SCC(=O)Nc1ccc(Cc2ccc(NC(=O)CSc3nncn3C)c(C(=O)O)c2)cc1C(=O)O. The first-order valence-electron chi connectivity index (χ1n) is 11.9. The van der Waals surface area contributed by atoms with Crippen LogP contribution in [0.4, 0.5) is 11.4 Å². The van der Waals surface area contributed by atoms with E-state index >= 15 is 0 Å². The quantitative estimate of drug-likeness (QED) is 0.175. The summed E-state index contributed by atoms with van der Waals surface area (Å²) in [5, 5.41) is 41.0. The van der Waals surface area contributed by atoms with E-state index in [0.29, 0.717) is 21.4 Å². The Balaban J connectivity index is 1.43. The molecule has 0 bridgehead atoms. The Morgan fingerprint density at radius 3 is 1.49 bits per heavy atom. The third-order valence-electron chi connectivity index (χ3n) is 5.59. The smallest absolute Gasteiger partial charge is 0.337 e. The van der Waals surface area contributed by atoms with E-state index in [0.717, 1.165) is 23.5 Å². The highest BCUT2D eigenvalue weighted by molar-refractivity contribution is 8.00. The van der Waals surface area contributed by atoms with E-state index < -0.39 is 23.8 Å². The summed E-state index contributed by atoms with van der Waals surface area (Å²) in [7, 11) is 3.49. The number of hydrogen-bond donors (Lipinski definition) is 4. The van der Waals surface area contributed by atoms with E-state index in [2.05, 4.69) is 31.0 Å². The molecule has 0 aliphatic rings. The molecule has 41 heavy (non-hydrogen) atoms. The highest BCUT2D eigenvalue weighted by Crippen LogP contribution is 2.24. The molecule has 2 aromatic heterocycles. The second-order valence-corrected chi connectivity index (χ2v) is 10.6. The van der Waals surface area contributed by atoms with Gasteiger partial charge in [-0.2, -0.15) is 0 Å². The van der Waals surface area contributed by atoms with E-state index in [9.17, 15) is 29.4 Å². The lowest BCUT2D eigenvalue weighted by Crippen LogP contribution is -2.17. The number of aromatic carboxylic acids is 2. The summed E-state index contributed by atoms with van der Waals surface area (Å²) in [6.07, 6.45) is 3.23. The molecule has 4 aromatic rings. The van der Waals surface area contributed by atoms with Crippen molar-refractivity contribution in [3.05, 3.63) is 71.3 Å². The Morgan fingerprint density at radius 1 is 0.732 bits per heavy atom. The molecule has 0 unspecified atom stereocenters. The number of amides is 2. The average molecular weight is 597 g/mol. The standard InChI is InChI=1S/C25H24N8O6S2/c1-32-12-26-30-24(32)40-10-20(34)28-18-5-3-14(8-16(18)22(36)37)7-15-4-6-19(17(9-15)23(38)39)29-21(35)11-41-25-31-27-13-33(25)2/h3-6,8-9,12-13H,7,10-11H2,1-2H3,(H,28,34)(H,29,35)(H,36,37)(H,38,39). The number of hydrogen-bond acceptors (Lipinski definition) is 10. The molecule has 16 heteroatoms. The molecule has 4 N–H and O–H groups in total. The number of aromatic nitrogens is 6. The van der Waals surface area contributed by atoms with Crippen LogP contribution in [0.3, 0.4) is 0 Å². The first kappa shape index (κ1) is 29.3. The van der Waals surface area contributed by atoms with E-state index in [4.69, 9.17) is 0 Å². The van der Waals surface area contributed by atoms with E-state index in [-0.39, 0.29) is 40.4 Å². The fourth-order valence-electron chi connectivity index (χ4n) is 3.65. The van der Waals surface area contributed by atoms with Gasteiger partial charge in [0.15, 0.2) is 10.3 Å². The number of carboxylic acids is 2.